The van der Waals surface area contributed by atoms with E-state index in [4.69, 9.17) is 0 Å². The molecule has 0 N–H and O–H groups in total. The summed E-state index contributed by atoms with van der Waals surface area (Å²) in [6, 6.07) is 10.1. The van der Waals surface area contributed by atoms with Gasteiger partial charge in [0.15, 0.2) is 5.16 Å². The van der Waals surface area contributed by atoms with E-state index < -0.39 is 0 Å². The SMILES string of the molecule is Cn1cc(Cc2cncnc2)c(=O)nc1SCc1ccccc1. The molecule has 0 aliphatic carbocycles. The maximum absolute atomic E-state index is 12.2. The summed E-state index contributed by atoms with van der Waals surface area (Å²) in [4.78, 5) is 24.4. The smallest absolute Gasteiger partial charge is 0.277 e. The molecule has 2 heterocycles. The molecule has 0 saturated heterocycles. The van der Waals surface area contributed by atoms with Crippen molar-refractivity contribution in [3.63, 3.8) is 0 Å². The number of hydrogen-bond donors (Lipinski definition) is 0. The minimum absolute atomic E-state index is 0.192. The number of benzene rings is 1. The van der Waals surface area contributed by atoms with Crippen molar-refractivity contribution in [1.82, 2.24) is 19.5 Å². The summed E-state index contributed by atoms with van der Waals surface area (Å²) < 4.78 is 1.90. The fourth-order valence-electron chi connectivity index (χ4n) is 2.20. The molecule has 0 fully saturated rings. The van der Waals surface area contributed by atoms with Crippen molar-refractivity contribution in [2.24, 2.45) is 7.05 Å². The maximum atomic E-state index is 12.2. The molecule has 3 rings (SSSR count). The van der Waals surface area contributed by atoms with Crippen molar-refractivity contribution >= 4 is 11.8 Å². The molecular formula is C17H16N4OS. The molecule has 5 nitrogen and oxygen atoms in total. The molecule has 1 aromatic carbocycles. The molecule has 0 spiro atoms. The molecule has 0 saturated carbocycles. The summed E-state index contributed by atoms with van der Waals surface area (Å²) in [6.45, 7) is 0. The van der Waals surface area contributed by atoms with Crippen LogP contribution in [-0.2, 0) is 19.2 Å². The molecule has 0 atom stereocenters. The summed E-state index contributed by atoms with van der Waals surface area (Å²) in [5.74, 6) is 0.785. The number of rotatable bonds is 5. The van der Waals surface area contributed by atoms with Gasteiger partial charge in [-0.1, -0.05) is 42.1 Å². The normalized spacial score (nSPS) is 10.7. The van der Waals surface area contributed by atoms with Crippen LogP contribution in [-0.4, -0.2) is 19.5 Å². The third-order valence-electron chi connectivity index (χ3n) is 3.34. The van der Waals surface area contributed by atoms with Crippen LogP contribution < -0.4 is 5.56 Å². The fraction of sp³-hybridized carbons (Fsp3) is 0.176. The molecule has 0 unspecified atom stereocenters. The van der Waals surface area contributed by atoms with E-state index in [2.05, 4.69) is 27.1 Å². The van der Waals surface area contributed by atoms with Crippen molar-refractivity contribution in [3.05, 3.63) is 82.3 Å². The number of aryl methyl sites for hydroxylation is 1. The summed E-state index contributed by atoms with van der Waals surface area (Å²) in [5.41, 5.74) is 2.56. The summed E-state index contributed by atoms with van der Waals surface area (Å²) in [7, 11) is 1.91. The molecule has 0 aliphatic heterocycles. The number of hydrogen-bond acceptors (Lipinski definition) is 5. The fourth-order valence-corrected chi connectivity index (χ4v) is 3.09. The second-order valence-corrected chi connectivity index (χ2v) is 6.11. The summed E-state index contributed by atoms with van der Waals surface area (Å²) in [6.07, 6.45) is 7.23. The van der Waals surface area contributed by atoms with Crippen LogP contribution in [0.3, 0.4) is 0 Å². The largest absolute Gasteiger partial charge is 0.330 e. The predicted octanol–water partition coefficient (Wildman–Crippen LogP) is 2.45. The van der Waals surface area contributed by atoms with E-state index in [1.54, 1.807) is 24.2 Å². The molecular weight excluding hydrogens is 308 g/mol. The molecule has 0 radical (unpaired) electrons. The predicted molar refractivity (Wildman–Crippen MR) is 90.3 cm³/mol. The highest BCUT2D eigenvalue weighted by molar-refractivity contribution is 7.98. The Hall–Kier alpha value is -2.47. The van der Waals surface area contributed by atoms with E-state index in [1.807, 2.05) is 36.0 Å². The molecule has 23 heavy (non-hydrogen) atoms. The Morgan fingerprint density at radius 3 is 2.57 bits per heavy atom. The monoisotopic (exact) mass is 324 g/mol. The van der Waals surface area contributed by atoms with Crippen molar-refractivity contribution in [1.29, 1.82) is 0 Å². The van der Waals surface area contributed by atoms with Gasteiger partial charge in [0.2, 0.25) is 0 Å². The molecule has 0 amide bonds. The van der Waals surface area contributed by atoms with Crippen LogP contribution in [0.15, 0.2) is 65.2 Å². The van der Waals surface area contributed by atoms with Gasteiger partial charge in [0.25, 0.3) is 5.56 Å². The van der Waals surface area contributed by atoms with Crippen LogP contribution in [0, 0.1) is 0 Å². The van der Waals surface area contributed by atoms with Gasteiger partial charge in [-0.2, -0.15) is 4.98 Å². The second-order valence-electron chi connectivity index (χ2n) is 5.16. The van der Waals surface area contributed by atoms with Gasteiger partial charge in [-0.25, -0.2) is 9.97 Å². The first kappa shape index (κ1) is 15.4. The van der Waals surface area contributed by atoms with E-state index in [0.29, 0.717) is 17.1 Å². The number of thioether (sulfide) groups is 1. The first-order valence-electron chi connectivity index (χ1n) is 7.19. The Bertz CT molecular complexity index is 834. The van der Waals surface area contributed by atoms with Crippen LogP contribution >= 0.6 is 11.8 Å². The standard InChI is InChI=1S/C17H16N4OS/c1-21-10-15(7-14-8-18-12-19-9-14)16(22)20-17(21)23-11-13-5-3-2-4-6-13/h2-6,8-10,12H,7,11H2,1H3. The van der Waals surface area contributed by atoms with Crippen LogP contribution in [0.25, 0.3) is 0 Å². The van der Waals surface area contributed by atoms with Gasteiger partial charge < -0.3 is 4.57 Å². The quantitative estimate of drug-likeness (QED) is 0.533. The molecule has 0 bridgehead atoms. The van der Waals surface area contributed by atoms with Gasteiger partial charge in [-0.3, -0.25) is 4.79 Å². The average molecular weight is 324 g/mol. The summed E-state index contributed by atoms with van der Waals surface area (Å²) >= 11 is 1.56. The minimum Gasteiger partial charge on any atom is -0.330 e. The second kappa shape index (κ2) is 7.19. The number of nitrogens with zero attached hydrogens (tertiary/aromatic N) is 4. The lowest BCUT2D eigenvalue weighted by Crippen LogP contribution is -2.18. The van der Waals surface area contributed by atoms with Gasteiger partial charge in [0.1, 0.15) is 6.33 Å². The van der Waals surface area contributed by atoms with Gasteiger partial charge in [0.05, 0.1) is 0 Å². The highest BCUT2D eigenvalue weighted by Crippen LogP contribution is 2.19. The lowest BCUT2D eigenvalue weighted by Gasteiger charge is -2.09. The Labute approximate surface area is 138 Å². The van der Waals surface area contributed by atoms with Crippen LogP contribution in [0.1, 0.15) is 16.7 Å². The van der Waals surface area contributed by atoms with Crippen LogP contribution in [0.2, 0.25) is 0 Å². The van der Waals surface area contributed by atoms with Gasteiger partial charge in [-0.15, -0.1) is 0 Å². The van der Waals surface area contributed by atoms with Crippen molar-refractivity contribution in [3.8, 4) is 0 Å². The molecule has 2 aromatic heterocycles. The van der Waals surface area contributed by atoms with Gasteiger partial charge in [-0.05, 0) is 11.1 Å². The van der Waals surface area contributed by atoms with Crippen molar-refractivity contribution in [2.75, 3.05) is 0 Å². The topological polar surface area (TPSA) is 60.7 Å². The Balaban J connectivity index is 1.76. The molecule has 3 aromatic rings. The van der Waals surface area contributed by atoms with Crippen LogP contribution in [0.5, 0.6) is 0 Å². The van der Waals surface area contributed by atoms with Gasteiger partial charge in [0, 0.05) is 43.4 Å². The van der Waals surface area contributed by atoms with E-state index in [-0.39, 0.29) is 5.56 Å². The minimum atomic E-state index is -0.192. The van der Waals surface area contributed by atoms with E-state index in [9.17, 15) is 4.79 Å². The lowest BCUT2D eigenvalue weighted by atomic mass is 10.1. The van der Waals surface area contributed by atoms with E-state index in [0.717, 1.165) is 11.3 Å². The molecule has 0 aliphatic rings. The maximum Gasteiger partial charge on any atom is 0.277 e. The Morgan fingerprint density at radius 2 is 1.83 bits per heavy atom. The van der Waals surface area contributed by atoms with E-state index in [1.165, 1.54) is 11.9 Å². The summed E-state index contributed by atoms with van der Waals surface area (Å²) in [5, 5.41) is 0.715. The Morgan fingerprint density at radius 1 is 1.09 bits per heavy atom. The van der Waals surface area contributed by atoms with Crippen molar-refractivity contribution < 1.29 is 0 Å². The third kappa shape index (κ3) is 4.04. The van der Waals surface area contributed by atoms with Crippen molar-refractivity contribution in [2.45, 2.75) is 17.3 Å². The number of aromatic nitrogens is 4. The zero-order chi connectivity index (χ0) is 16.1. The zero-order valence-electron chi connectivity index (χ0n) is 12.7. The van der Waals surface area contributed by atoms with Crippen LogP contribution in [0.4, 0.5) is 0 Å². The third-order valence-corrected chi connectivity index (χ3v) is 4.46. The van der Waals surface area contributed by atoms with E-state index >= 15 is 0 Å². The highest BCUT2D eigenvalue weighted by Gasteiger charge is 2.08. The molecule has 116 valence electrons. The highest BCUT2D eigenvalue weighted by atomic mass is 32.2. The molecule has 6 heteroatoms. The Kier molecular flexibility index (Phi) is 4.83. The van der Waals surface area contributed by atoms with Gasteiger partial charge >= 0.3 is 0 Å². The first-order valence-corrected chi connectivity index (χ1v) is 8.18. The lowest BCUT2D eigenvalue weighted by molar-refractivity contribution is 0.713. The average Bonchev–Trinajstić information content (AvgIpc) is 2.58. The zero-order valence-corrected chi connectivity index (χ0v) is 13.5. The first-order chi connectivity index (χ1) is 11.2.